The van der Waals surface area contributed by atoms with Gasteiger partial charge >= 0.3 is 5.69 Å². The van der Waals surface area contributed by atoms with Gasteiger partial charge in [-0.25, -0.2) is 9.48 Å². The van der Waals surface area contributed by atoms with Gasteiger partial charge in [0.25, 0.3) is 5.91 Å². The smallest absolute Gasteiger partial charge is 0.346 e. The number of aromatic nitrogens is 4. The van der Waals surface area contributed by atoms with Crippen LogP contribution in [0.3, 0.4) is 0 Å². The maximum atomic E-state index is 12.8. The number of hydrogen-bond acceptors (Lipinski definition) is 5. The number of amides is 1. The summed E-state index contributed by atoms with van der Waals surface area (Å²) in [6.07, 6.45) is 4.71. The molecule has 1 aliphatic carbocycles. The summed E-state index contributed by atoms with van der Waals surface area (Å²) in [5, 5.41) is 7.30. The molecule has 2 aromatic heterocycles. The highest BCUT2D eigenvalue weighted by Crippen LogP contribution is 2.36. The fourth-order valence-electron chi connectivity index (χ4n) is 3.11. The lowest BCUT2D eigenvalue weighted by molar-refractivity contribution is -0.127. The zero-order chi connectivity index (χ0) is 20.2. The molecule has 1 saturated carbocycles. The molecule has 0 radical (unpaired) electrons. The zero-order valence-electron chi connectivity index (χ0n) is 16.2. The Hall–Kier alpha value is -3.42. The van der Waals surface area contributed by atoms with Gasteiger partial charge in [-0.15, -0.1) is 5.10 Å². The maximum Gasteiger partial charge on any atom is 0.346 e. The van der Waals surface area contributed by atoms with Crippen molar-refractivity contribution in [3.8, 4) is 17.1 Å². The third-order valence-corrected chi connectivity index (χ3v) is 4.75. The standard InChI is InChI=1S/C21H23N5O3/c1-15(29-18-7-3-2-4-8-18)20(27)23-12-13-25-21(28)26(17-9-10-17)19(24-25)16-6-5-11-22-14-16/h2-8,11,14-15,17H,9-10,12-13H2,1H3,(H,23,27)/t15-/m0/s1. The number of hydrogen-bond donors (Lipinski definition) is 1. The molecule has 2 heterocycles. The lowest BCUT2D eigenvalue weighted by Gasteiger charge is -2.14. The number of carbonyl (C=O) groups is 1. The summed E-state index contributed by atoms with van der Waals surface area (Å²) < 4.78 is 8.76. The Morgan fingerprint density at radius 1 is 1.24 bits per heavy atom. The fourth-order valence-corrected chi connectivity index (χ4v) is 3.11. The number of rotatable bonds is 8. The minimum atomic E-state index is -0.635. The SMILES string of the molecule is C[C@H](Oc1ccccc1)C(=O)NCCn1nc(-c2cccnc2)n(C2CC2)c1=O. The number of ether oxygens (including phenoxy) is 1. The van der Waals surface area contributed by atoms with E-state index in [1.807, 2.05) is 30.3 Å². The molecule has 1 fully saturated rings. The van der Waals surface area contributed by atoms with Crippen LogP contribution < -0.4 is 15.7 Å². The lowest BCUT2D eigenvalue weighted by Crippen LogP contribution is -2.39. The molecular weight excluding hydrogens is 370 g/mol. The highest BCUT2D eigenvalue weighted by atomic mass is 16.5. The van der Waals surface area contributed by atoms with E-state index < -0.39 is 6.10 Å². The topological polar surface area (TPSA) is 91.0 Å². The van der Waals surface area contributed by atoms with Gasteiger partial charge in [-0.1, -0.05) is 18.2 Å². The minimum absolute atomic E-state index is 0.158. The molecule has 1 aliphatic rings. The van der Waals surface area contributed by atoms with Gasteiger partial charge in [0.15, 0.2) is 11.9 Å². The summed E-state index contributed by atoms with van der Waals surface area (Å²) in [6, 6.07) is 13.1. The van der Waals surface area contributed by atoms with Gasteiger partial charge in [0.2, 0.25) is 0 Å². The van der Waals surface area contributed by atoms with Crippen LogP contribution in [0.1, 0.15) is 25.8 Å². The molecule has 8 nitrogen and oxygen atoms in total. The van der Waals surface area contributed by atoms with Crippen molar-refractivity contribution in [1.29, 1.82) is 0 Å². The molecule has 8 heteroatoms. The van der Waals surface area contributed by atoms with Gasteiger partial charge in [-0.3, -0.25) is 14.3 Å². The van der Waals surface area contributed by atoms with Crippen molar-refractivity contribution < 1.29 is 9.53 Å². The molecule has 1 amide bonds. The molecule has 0 bridgehead atoms. The second-order valence-corrected chi connectivity index (χ2v) is 7.04. The van der Waals surface area contributed by atoms with Crippen LogP contribution in [0.4, 0.5) is 0 Å². The third-order valence-electron chi connectivity index (χ3n) is 4.75. The Morgan fingerprint density at radius 3 is 2.72 bits per heavy atom. The van der Waals surface area contributed by atoms with Gasteiger partial charge in [0.05, 0.1) is 6.54 Å². The van der Waals surface area contributed by atoms with Crippen LogP contribution in [0.5, 0.6) is 5.75 Å². The van der Waals surface area contributed by atoms with Crippen molar-refractivity contribution in [2.75, 3.05) is 6.54 Å². The predicted molar refractivity (Wildman–Crippen MR) is 108 cm³/mol. The van der Waals surface area contributed by atoms with E-state index in [-0.39, 0.29) is 30.7 Å². The summed E-state index contributed by atoms with van der Waals surface area (Å²) in [5.41, 5.74) is 0.651. The van der Waals surface area contributed by atoms with Crippen LogP contribution in [0, 0.1) is 0 Å². The van der Waals surface area contributed by atoms with Crippen LogP contribution in [0.25, 0.3) is 11.4 Å². The first kappa shape index (κ1) is 18.9. The number of nitrogens with one attached hydrogen (secondary N) is 1. The van der Waals surface area contributed by atoms with Crippen molar-refractivity contribution in [2.45, 2.75) is 38.5 Å². The summed E-state index contributed by atoms with van der Waals surface area (Å²) in [7, 11) is 0. The monoisotopic (exact) mass is 393 g/mol. The zero-order valence-corrected chi connectivity index (χ0v) is 16.2. The summed E-state index contributed by atoms with van der Waals surface area (Å²) in [5.74, 6) is 1.02. The molecule has 0 aliphatic heterocycles. The molecule has 150 valence electrons. The van der Waals surface area contributed by atoms with Crippen molar-refractivity contribution in [3.05, 3.63) is 65.3 Å². The molecule has 4 rings (SSSR count). The second-order valence-electron chi connectivity index (χ2n) is 7.04. The van der Waals surface area contributed by atoms with Crippen molar-refractivity contribution in [2.24, 2.45) is 0 Å². The van der Waals surface area contributed by atoms with E-state index in [4.69, 9.17) is 4.74 Å². The van der Waals surface area contributed by atoms with E-state index in [9.17, 15) is 9.59 Å². The molecule has 1 N–H and O–H groups in total. The molecule has 1 aromatic carbocycles. The van der Waals surface area contributed by atoms with Crippen LogP contribution in [-0.4, -0.2) is 37.9 Å². The third kappa shape index (κ3) is 4.37. The average molecular weight is 393 g/mol. The summed E-state index contributed by atoms with van der Waals surface area (Å²) in [4.78, 5) is 29.2. The minimum Gasteiger partial charge on any atom is -0.481 e. The van der Waals surface area contributed by atoms with E-state index in [1.165, 1.54) is 4.68 Å². The van der Waals surface area contributed by atoms with Gasteiger partial charge in [0, 0.05) is 30.5 Å². The van der Waals surface area contributed by atoms with Crippen LogP contribution in [0.2, 0.25) is 0 Å². The second kappa shape index (κ2) is 8.30. The first-order valence-corrected chi connectivity index (χ1v) is 9.72. The van der Waals surface area contributed by atoms with E-state index in [1.54, 1.807) is 36.0 Å². The Kier molecular flexibility index (Phi) is 5.41. The maximum absolute atomic E-state index is 12.8. The molecule has 0 saturated heterocycles. The van der Waals surface area contributed by atoms with Crippen LogP contribution in [0.15, 0.2) is 59.7 Å². The summed E-state index contributed by atoms with van der Waals surface area (Å²) in [6.45, 7) is 2.27. The van der Waals surface area contributed by atoms with Crippen LogP contribution in [-0.2, 0) is 11.3 Å². The molecule has 1 atom stereocenters. The quantitative estimate of drug-likeness (QED) is 0.632. The van der Waals surface area contributed by atoms with Gasteiger partial charge < -0.3 is 10.1 Å². The summed E-state index contributed by atoms with van der Waals surface area (Å²) >= 11 is 0. The van der Waals surface area contributed by atoms with Gasteiger partial charge in [-0.2, -0.15) is 0 Å². The molecule has 0 unspecified atom stereocenters. The Balaban J connectivity index is 1.40. The normalized spacial score (nSPS) is 14.4. The van der Waals surface area contributed by atoms with E-state index >= 15 is 0 Å². The number of pyridine rings is 1. The number of carbonyl (C=O) groups excluding carboxylic acids is 1. The van der Waals surface area contributed by atoms with Gasteiger partial charge in [-0.05, 0) is 44.0 Å². The number of benzene rings is 1. The average Bonchev–Trinajstić information content (AvgIpc) is 3.53. The highest BCUT2D eigenvalue weighted by Gasteiger charge is 2.30. The van der Waals surface area contributed by atoms with E-state index in [0.29, 0.717) is 11.6 Å². The number of para-hydroxylation sites is 1. The van der Waals surface area contributed by atoms with Gasteiger partial charge in [0.1, 0.15) is 5.75 Å². The first-order chi connectivity index (χ1) is 14.1. The van der Waals surface area contributed by atoms with Crippen molar-refractivity contribution in [3.63, 3.8) is 0 Å². The van der Waals surface area contributed by atoms with Crippen molar-refractivity contribution >= 4 is 5.91 Å². The largest absolute Gasteiger partial charge is 0.481 e. The molecule has 3 aromatic rings. The Labute approximate surface area is 168 Å². The van der Waals surface area contributed by atoms with E-state index in [2.05, 4.69) is 15.4 Å². The first-order valence-electron chi connectivity index (χ1n) is 9.72. The molecular formula is C21H23N5O3. The molecule has 0 spiro atoms. The Bertz CT molecular complexity index is 1030. The van der Waals surface area contributed by atoms with Crippen LogP contribution >= 0.6 is 0 Å². The lowest BCUT2D eigenvalue weighted by atomic mass is 10.3. The van der Waals surface area contributed by atoms with E-state index in [0.717, 1.165) is 18.4 Å². The molecule has 29 heavy (non-hydrogen) atoms. The predicted octanol–water partition coefficient (Wildman–Crippen LogP) is 2.03. The van der Waals surface area contributed by atoms with Crippen molar-refractivity contribution in [1.82, 2.24) is 24.6 Å². The Morgan fingerprint density at radius 2 is 2.03 bits per heavy atom. The fraction of sp³-hybridized carbons (Fsp3) is 0.333. The highest BCUT2D eigenvalue weighted by molar-refractivity contribution is 5.80. The number of nitrogens with zero attached hydrogens (tertiary/aromatic N) is 4.